The van der Waals surface area contributed by atoms with Crippen LogP contribution in [0.4, 0.5) is 45.5 Å². The minimum absolute atomic E-state index is 0.0119. The first-order valence-corrected chi connectivity index (χ1v) is 29.9. The van der Waals surface area contributed by atoms with Crippen molar-refractivity contribution in [2.24, 2.45) is 30.7 Å². The average molecular weight is 1210 g/mol. The number of aryl methyl sites for hydroxylation is 3. The molecule has 0 spiro atoms. The zero-order valence-electron chi connectivity index (χ0n) is 43.4. The minimum Gasteiger partial charge on any atom is -0.505 e. The predicted molar refractivity (Wildman–Crippen MR) is 301 cm³/mol. The Balaban J connectivity index is 0.993. The van der Waals surface area contributed by atoms with Crippen molar-refractivity contribution >= 4 is 125 Å². The summed E-state index contributed by atoms with van der Waals surface area (Å²) in [6.45, 7) is 4.75. The number of anilines is 2. The van der Waals surface area contributed by atoms with Crippen LogP contribution >= 0.6 is 0 Å². The summed E-state index contributed by atoms with van der Waals surface area (Å²) in [4.78, 5) is 11.1. The molecule has 27 nitrogen and oxygen atoms in total. The molecule has 0 radical (unpaired) electrons. The van der Waals surface area contributed by atoms with E-state index in [0.29, 0.717) is 45.6 Å². The standard InChI is InChI=1S/C52H44N10O17S4/c1-27-19-42(57-59-50-48(83(75,76)77)22-30-21-32(8-12-36(30)51(50)63)53-31-6-10-34(78-4)11-7-31)28(2)18-41(27)56-58-44-20-29(3)43(26-46(44)79-16-5-17-80(66,67)68)55-54-33-9-15-45(39(23-33)52(64)65)62-60-40-14-13-37-38(49(40)61-62)24-35(81(69,70)71)25-47(37)82(72,73)74/h6-15,18-26,53,63H,5,16-17H2,1-4H3,(H,64,65)(H,66,67,68)(H,69,70,71)(H,72,73,74)(H,75,76,77). The quantitative estimate of drug-likeness (QED) is 0.0225. The first-order valence-electron chi connectivity index (χ1n) is 24.0. The molecule has 0 fully saturated rings. The van der Waals surface area contributed by atoms with Crippen LogP contribution in [0.25, 0.3) is 38.3 Å². The number of azo groups is 3. The predicted octanol–water partition coefficient (Wildman–Crippen LogP) is 11.5. The molecule has 31 heteroatoms. The molecule has 0 aliphatic carbocycles. The van der Waals surface area contributed by atoms with Crippen molar-refractivity contribution in [3.8, 4) is 22.9 Å². The number of phenolic OH excluding ortho intramolecular Hbond substituents is 1. The summed E-state index contributed by atoms with van der Waals surface area (Å²) < 4.78 is 147. The number of benzene rings is 8. The Morgan fingerprint density at radius 3 is 1.83 bits per heavy atom. The average Bonchev–Trinajstić information content (AvgIpc) is 4.13. The van der Waals surface area contributed by atoms with E-state index in [1.54, 1.807) is 75.4 Å². The second kappa shape index (κ2) is 22.6. The van der Waals surface area contributed by atoms with E-state index in [9.17, 15) is 66.9 Å². The van der Waals surface area contributed by atoms with E-state index in [1.165, 1.54) is 49.6 Å². The molecule has 0 aliphatic rings. The number of nitrogens with zero attached hydrogens (tertiary/aromatic N) is 9. The van der Waals surface area contributed by atoms with Crippen LogP contribution in [-0.2, 0) is 40.5 Å². The van der Waals surface area contributed by atoms with Gasteiger partial charge in [-0.1, -0.05) is 6.07 Å². The Labute approximate surface area is 471 Å². The summed E-state index contributed by atoms with van der Waals surface area (Å²) in [5.41, 5.74) is 2.45. The van der Waals surface area contributed by atoms with E-state index in [0.717, 1.165) is 16.9 Å². The highest BCUT2D eigenvalue weighted by molar-refractivity contribution is 7.87. The fraction of sp³-hybridized carbons (Fsp3) is 0.135. The molecule has 9 aromatic rings. The topological polar surface area (TPSA) is 410 Å². The molecule has 0 aliphatic heterocycles. The molecular formula is C52H44N10O17S4. The molecular weight excluding hydrogens is 1160 g/mol. The van der Waals surface area contributed by atoms with Crippen LogP contribution in [0.15, 0.2) is 161 Å². The number of nitrogens with one attached hydrogen (secondary N) is 1. The molecule has 0 unspecified atom stereocenters. The van der Waals surface area contributed by atoms with Gasteiger partial charge in [0.15, 0.2) is 5.75 Å². The zero-order valence-corrected chi connectivity index (χ0v) is 46.7. The van der Waals surface area contributed by atoms with Crippen molar-refractivity contribution in [3.05, 3.63) is 138 Å². The van der Waals surface area contributed by atoms with Gasteiger partial charge in [0.05, 0.1) is 52.7 Å². The maximum atomic E-state index is 12.7. The summed E-state index contributed by atoms with van der Waals surface area (Å²) in [7, 11) is -17.8. The summed E-state index contributed by atoms with van der Waals surface area (Å²) in [5.74, 6) is -1.97. The molecule has 1 heterocycles. The van der Waals surface area contributed by atoms with Gasteiger partial charge in [0.1, 0.15) is 49.4 Å². The maximum absolute atomic E-state index is 12.7. The SMILES string of the molecule is COc1ccc(Nc2ccc3c(O)c(N=Nc4cc(C)c(N=Nc5cc(C)c(N=Nc6ccc(-n7nc8ccc9c(S(=O)(=O)O)cc(S(=O)(=O)O)cc9c8n7)c(C(=O)O)c6)cc5OCCCS(=O)(=O)O)cc4C)c(S(=O)(=O)O)cc3c2)cc1. The number of aromatic carboxylic acids is 1. The number of carbonyl (C=O) groups is 1. The minimum atomic E-state index is -5.03. The number of hydrogen-bond acceptors (Lipinski definition) is 21. The van der Waals surface area contributed by atoms with Gasteiger partial charge in [-0.25, -0.2) is 4.79 Å². The lowest BCUT2D eigenvalue weighted by Gasteiger charge is -2.12. The number of aromatic hydroxyl groups is 1. The number of fused-ring (bicyclic) bond motifs is 4. The lowest BCUT2D eigenvalue weighted by molar-refractivity contribution is 0.0696. The van der Waals surface area contributed by atoms with E-state index in [-0.39, 0.29) is 79.8 Å². The van der Waals surface area contributed by atoms with E-state index in [4.69, 9.17) is 9.47 Å². The van der Waals surface area contributed by atoms with Gasteiger partial charge in [-0.2, -0.15) is 54.1 Å². The van der Waals surface area contributed by atoms with Crippen LogP contribution in [0.3, 0.4) is 0 Å². The number of aromatic nitrogens is 3. The smallest absolute Gasteiger partial charge is 0.338 e. The number of rotatable bonds is 19. The first-order chi connectivity index (χ1) is 39.0. The van der Waals surface area contributed by atoms with E-state index >= 15 is 0 Å². The molecule has 0 atom stereocenters. The van der Waals surface area contributed by atoms with Gasteiger partial charge in [0.2, 0.25) is 0 Å². The van der Waals surface area contributed by atoms with Crippen LogP contribution in [0.5, 0.6) is 17.2 Å². The third-order valence-corrected chi connectivity index (χ3v) is 15.9. The number of phenols is 1. The second-order valence-corrected chi connectivity index (χ2v) is 24.1. The van der Waals surface area contributed by atoms with E-state index in [2.05, 4.69) is 46.2 Å². The van der Waals surface area contributed by atoms with Crippen LogP contribution in [0.1, 0.15) is 33.5 Å². The Bertz CT molecular complexity index is 4730. The molecule has 8 aromatic carbocycles. The Kier molecular flexibility index (Phi) is 15.9. The van der Waals surface area contributed by atoms with Crippen LogP contribution < -0.4 is 14.8 Å². The molecule has 0 saturated heterocycles. The van der Waals surface area contributed by atoms with E-state index < -0.39 is 83.9 Å². The van der Waals surface area contributed by atoms with Crippen molar-refractivity contribution in [1.29, 1.82) is 0 Å². The zero-order chi connectivity index (χ0) is 59.9. The van der Waals surface area contributed by atoms with Gasteiger partial charge in [0.25, 0.3) is 40.5 Å². The van der Waals surface area contributed by atoms with Gasteiger partial charge >= 0.3 is 5.97 Å². The summed E-state index contributed by atoms with van der Waals surface area (Å²) in [5, 5.41) is 59.3. The van der Waals surface area contributed by atoms with Crippen LogP contribution in [0, 0.1) is 20.8 Å². The van der Waals surface area contributed by atoms with Gasteiger partial charge in [0, 0.05) is 33.6 Å². The summed E-state index contributed by atoms with van der Waals surface area (Å²) >= 11 is 0. The van der Waals surface area contributed by atoms with Crippen molar-refractivity contribution in [2.75, 3.05) is 24.8 Å². The van der Waals surface area contributed by atoms with Crippen molar-refractivity contribution in [1.82, 2.24) is 15.0 Å². The lowest BCUT2D eigenvalue weighted by atomic mass is 10.1. The molecule has 0 amide bonds. The fourth-order valence-corrected chi connectivity index (χ4v) is 10.9. The monoisotopic (exact) mass is 1210 g/mol. The number of carboxylic acid groups (broad SMARTS) is 1. The third kappa shape index (κ3) is 13.1. The molecule has 9 rings (SSSR count). The molecule has 0 saturated carbocycles. The van der Waals surface area contributed by atoms with Crippen LogP contribution in [-0.4, -0.2) is 103 Å². The molecule has 428 valence electrons. The Morgan fingerprint density at radius 2 is 1.20 bits per heavy atom. The normalized spacial score (nSPS) is 12.6. The third-order valence-electron chi connectivity index (χ3n) is 12.5. The summed E-state index contributed by atoms with van der Waals surface area (Å²) in [6.07, 6.45) is -0.140. The van der Waals surface area contributed by atoms with Gasteiger partial charge in [-0.05, 0) is 152 Å². The number of hydrogen-bond donors (Lipinski definition) is 7. The van der Waals surface area contributed by atoms with Gasteiger partial charge in [-0.3, -0.25) is 18.2 Å². The lowest BCUT2D eigenvalue weighted by Crippen LogP contribution is -2.08. The Hall–Kier alpha value is -9.21. The first kappa shape index (κ1) is 58.4. The fourth-order valence-electron chi connectivity index (χ4n) is 8.43. The van der Waals surface area contributed by atoms with Crippen molar-refractivity contribution in [2.45, 2.75) is 41.9 Å². The highest BCUT2D eigenvalue weighted by Crippen LogP contribution is 2.44. The van der Waals surface area contributed by atoms with Gasteiger partial charge in [-0.15, -0.1) is 25.2 Å². The second-order valence-electron chi connectivity index (χ2n) is 18.4. The van der Waals surface area contributed by atoms with Crippen molar-refractivity contribution in [3.63, 3.8) is 0 Å². The highest BCUT2D eigenvalue weighted by atomic mass is 32.2. The van der Waals surface area contributed by atoms with Crippen LogP contribution in [0.2, 0.25) is 0 Å². The highest BCUT2D eigenvalue weighted by Gasteiger charge is 2.25. The Morgan fingerprint density at radius 1 is 0.602 bits per heavy atom. The van der Waals surface area contributed by atoms with Gasteiger partial charge < -0.3 is 25.0 Å². The largest absolute Gasteiger partial charge is 0.505 e. The molecule has 0 bridgehead atoms. The molecule has 1 aromatic heterocycles. The number of carboxylic acids is 1. The van der Waals surface area contributed by atoms with E-state index in [1.807, 2.05) is 0 Å². The molecule has 7 N–H and O–H groups in total. The number of ether oxygens (including phenoxy) is 2. The maximum Gasteiger partial charge on any atom is 0.338 e. The van der Waals surface area contributed by atoms with Crippen molar-refractivity contribution < 1.29 is 76.4 Å². The number of methoxy groups -OCH3 is 1. The summed E-state index contributed by atoms with van der Waals surface area (Å²) in [6, 6.07) is 27.0. The molecule has 83 heavy (non-hydrogen) atoms.